The predicted octanol–water partition coefficient (Wildman–Crippen LogP) is 3.60. The molecule has 0 saturated carbocycles. The smallest absolute Gasteiger partial charge is 0.103 e. The van der Waals surface area contributed by atoms with Crippen LogP contribution in [-0.2, 0) is 0 Å². The Kier molecular flexibility index (Phi) is 3.77. The Balaban J connectivity index is 2.25. The normalized spacial score (nSPS) is 21.5. The summed E-state index contributed by atoms with van der Waals surface area (Å²) in [4.78, 5) is 5.86. The molecule has 1 aromatic rings. The van der Waals surface area contributed by atoms with Crippen LogP contribution in [0.15, 0.2) is 12.1 Å². The molecular formula is C13H20N2S. The van der Waals surface area contributed by atoms with Crippen molar-refractivity contribution >= 4 is 12.2 Å². The highest BCUT2D eigenvalue weighted by atomic mass is 32.1. The van der Waals surface area contributed by atoms with Crippen LogP contribution in [0.25, 0.3) is 0 Å². The number of nitrogens with one attached hydrogen (secondary N) is 1. The van der Waals surface area contributed by atoms with Gasteiger partial charge in [-0.05, 0) is 50.9 Å². The fraction of sp³-hybridized carbons (Fsp3) is 0.615. The number of H-pyrrole nitrogens is 1. The summed E-state index contributed by atoms with van der Waals surface area (Å²) in [7, 11) is 0. The van der Waals surface area contributed by atoms with Gasteiger partial charge in [0.15, 0.2) is 0 Å². The lowest BCUT2D eigenvalue weighted by Crippen LogP contribution is -2.24. The van der Waals surface area contributed by atoms with Crippen molar-refractivity contribution in [3.63, 3.8) is 0 Å². The molecule has 0 spiro atoms. The topological polar surface area (TPSA) is 19.0 Å². The first kappa shape index (κ1) is 11.8. The van der Waals surface area contributed by atoms with E-state index in [9.17, 15) is 0 Å². The van der Waals surface area contributed by atoms with Crippen molar-refractivity contribution in [1.29, 1.82) is 0 Å². The van der Waals surface area contributed by atoms with E-state index in [2.05, 4.69) is 29.8 Å². The van der Waals surface area contributed by atoms with Crippen molar-refractivity contribution in [1.82, 2.24) is 9.88 Å². The summed E-state index contributed by atoms with van der Waals surface area (Å²) in [5.74, 6) is 0. The number of aryl methyl sites for hydroxylation is 1. The number of likely N-dealkylation sites (tertiary alicyclic amines) is 1. The zero-order valence-corrected chi connectivity index (χ0v) is 10.9. The summed E-state index contributed by atoms with van der Waals surface area (Å²) in [6.07, 6.45) is 3.84. The Labute approximate surface area is 103 Å². The molecule has 1 saturated heterocycles. The van der Waals surface area contributed by atoms with E-state index in [-0.39, 0.29) is 0 Å². The third-order valence-corrected chi connectivity index (χ3v) is 3.63. The first-order valence-electron chi connectivity index (χ1n) is 6.16. The lowest BCUT2D eigenvalue weighted by Gasteiger charge is -2.25. The number of aromatic nitrogens is 1. The predicted molar refractivity (Wildman–Crippen MR) is 70.2 cm³/mol. The fourth-order valence-electron chi connectivity index (χ4n) is 2.68. The van der Waals surface area contributed by atoms with Gasteiger partial charge in [-0.3, -0.25) is 4.90 Å². The van der Waals surface area contributed by atoms with Gasteiger partial charge < -0.3 is 4.98 Å². The van der Waals surface area contributed by atoms with Crippen molar-refractivity contribution < 1.29 is 0 Å². The van der Waals surface area contributed by atoms with Crippen molar-refractivity contribution in [2.45, 2.75) is 39.2 Å². The van der Waals surface area contributed by atoms with Crippen molar-refractivity contribution in [2.24, 2.45) is 0 Å². The fourth-order valence-corrected chi connectivity index (χ4v) is 2.90. The average Bonchev–Trinajstić information content (AvgIpc) is 2.67. The molecule has 16 heavy (non-hydrogen) atoms. The van der Waals surface area contributed by atoms with E-state index in [4.69, 9.17) is 12.2 Å². The summed E-state index contributed by atoms with van der Waals surface area (Å²) >= 11 is 5.15. The molecule has 1 aliphatic heterocycles. The first-order chi connectivity index (χ1) is 7.72. The Hall–Kier alpha value is -0.670. The van der Waals surface area contributed by atoms with E-state index in [1.807, 2.05) is 6.07 Å². The van der Waals surface area contributed by atoms with Crippen LogP contribution in [0, 0.1) is 11.6 Å². The number of hydrogen-bond acceptors (Lipinski definition) is 2. The van der Waals surface area contributed by atoms with Crippen LogP contribution in [0.3, 0.4) is 0 Å². The van der Waals surface area contributed by atoms with Gasteiger partial charge in [0.2, 0.25) is 0 Å². The zero-order chi connectivity index (χ0) is 11.5. The standard InChI is InChI=1S/C13H20N2S/c1-3-8-15-9-4-5-12(15)11-6-7-13(16)14-10(11)2/h6-7,12H,3-5,8-9H2,1-2H3,(H,14,16)/t12-/m0/s1. The SMILES string of the molecule is CCCN1CCC[C@H]1c1ccc(=S)[nH]c1C. The molecule has 0 bridgehead atoms. The number of hydrogen-bond donors (Lipinski definition) is 1. The van der Waals surface area contributed by atoms with Gasteiger partial charge in [0.1, 0.15) is 4.64 Å². The van der Waals surface area contributed by atoms with Gasteiger partial charge >= 0.3 is 0 Å². The number of aromatic amines is 1. The molecule has 2 rings (SSSR count). The highest BCUT2D eigenvalue weighted by Gasteiger charge is 2.26. The van der Waals surface area contributed by atoms with Crippen molar-refractivity contribution in [3.8, 4) is 0 Å². The second-order valence-corrected chi connectivity index (χ2v) is 5.04. The second kappa shape index (κ2) is 5.11. The average molecular weight is 236 g/mol. The van der Waals surface area contributed by atoms with Gasteiger partial charge in [-0.25, -0.2) is 0 Å². The zero-order valence-electron chi connectivity index (χ0n) is 10.1. The monoisotopic (exact) mass is 236 g/mol. The van der Waals surface area contributed by atoms with Crippen LogP contribution in [0.4, 0.5) is 0 Å². The molecule has 0 aliphatic carbocycles. The molecule has 3 heteroatoms. The second-order valence-electron chi connectivity index (χ2n) is 4.60. The van der Waals surface area contributed by atoms with Crippen LogP contribution in [0.5, 0.6) is 0 Å². The molecule has 1 fully saturated rings. The third kappa shape index (κ3) is 2.36. The molecule has 88 valence electrons. The first-order valence-corrected chi connectivity index (χ1v) is 6.57. The molecule has 2 nitrogen and oxygen atoms in total. The van der Waals surface area contributed by atoms with E-state index >= 15 is 0 Å². The van der Waals surface area contributed by atoms with E-state index in [0.29, 0.717) is 6.04 Å². The highest BCUT2D eigenvalue weighted by molar-refractivity contribution is 7.71. The quantitative estimate of drug-likeness (QED) is 0.809. The van der Waals surface area contributed by atoms with Crippen LogP contribution in [0.1, 0.15) is 43.5 Å². The van der Waals surface area contributed by atoms with E-state index in [1.165, 1.54) is 43.6 Å². The van der Waals surface area contributed by atoms with E-state index in [0.717, 1.165) is 4.64 Å². The van der Waals surface area contributed by atoms with Crippen LogP contribution < -0.4 is 0 Å². The van der Waals surface area contributed by atoms with E-state index in [1.54, 1.807) is 0 Å². The number of nitrogens with zero attached hydrogens (tertiary/aromatic N) is 1. The lowest BCUT2D eigenvalue weighted by molar-refractivity contribution is 0.256. The Morgan fingerprint density at radius 3 is 3.00 bits per heavy atom. The van der Waals surface area contributed by atoms with Crippen molar-refractivity contribution in [3.05, 3.63) is 28.0 Å². The molecule has 1 aromatic heterocycles. The molecule has 0 unspecified atom stereocenters. The molecule has 0 radical (unpaired) electrons. The molecule has 0 amide bonds. The summed E-state index contributed by atoms with van der Waals surface area (Å²) < 4.78 is 0.835. The maximum Gasteiger partial charge on any atom is 0.103 e. The Morgan fingerprint density at radius 1 is 1.50 bits per heavy atom. The minimum Gasteiger partial charge on any atom is -0.350 e. The number of rotatable bonds is 3. The van der Waals surface area contributed by atoms with Crippen molar-refractivity contribution in [2.75, 3.05) is 13.1 Å². The van der Waals surface area contributed by atoms with E-state index < -0.39 is 0 Å². The molecule has 1 N–H and O–H groups in total. The summed E-state index contributed by atoms with van der Waals surface area (Å²) in [5.41, 5.74) is 2.67. The largest absolute Gasteiger partial charge is 0.350 e. The van der Waals surface area contributed by atoms with Gasteiger partial charge in [-0.15, -0.1) is 0 Å². The molecule has 2 heterocycles. The maximum atomic E-state index is 5.15. The van der Waals surface area contributed by atoms with Crippen LogP contribution in [-0.4, -0.2) is 23.0 Å². The highest BCUT2D eigenvalue weighted by Crippen LogP contribution is 2.32. The minimum atomic E-state index is 0.604. The van der Waals surface area contributed by atoms with Crippen LogP contribution >= 0.6 is 12.2 Å². The number of pyridine rings is 1. The van der Waals surface area contributed by atoms with Gasteiger partial charge in [0.25, 0.3) is 0 Å². The Bertz CT molecular complexity index is 411. The summed E-state index contributed by atoms with van der Waals surface area (Å²) in [6, 6.07) is 4.82. The maximum absolute atomic E-state index is 5.15. The third-order valence-electron chi connectivity index (χ3n) is 3.39. The minimum absolute atomic E-state index is 0.604. The van der Waals surface area contributed by atoms with Gasteiger partial charge in [0.05, 0.1) is 0 Å². The molecule has 1 aliphatic rings. The Morgan fingerprint density at radius 2 is 2.31 bits per heavy atom. The molecule has 0 aromatic carbocycles. The van der Waals surface area contributed by atoms with Crippen LogP contribution in [0.2, 0.25) is 0 Å². The van der Waals surface area contributed by atoms with Gasteiger partial charge in [-0.1, -0.05) is 25.2 Å². The summed E-state index contributed by atoms with van der Waals surface area (Å²) in [5, 5.41) is 0. The molecular weight excluding hydrogens is 216 g/mol. The summed E-state index contributed by atoms with van der Waals surface area (Å²) in [6.45, 7) is 6.83. The van der Waals surface area contributed by atoms with Gasteiger partial charge in [0, 0.05) is 11.7 Å². The molecule has 1 atom stereocenters. The van der Waals surface area contributed by atoms with Gasteiger partial charge in [-0.2, -0.15) is 0 Å². The lowest BCUT2D eigenvalue weighted by atomic mass is 10.0.